The highest BCUT2D eigenvalue weighted by atomic mass is 16.5. The fourth-order valence-corrected chi connectivity index (χ4v) is 5.64. The van der Waals surface area contributed by atoms with Crippen molar-refractivity contribution in [3.8, 4) is 11.7 Å². The molecular weight excluding hydrogens is 466 g/mol. The van der Waals surface area contributed by atoms with Crippen molar-refractivity contribution in [3.05, 3.63) is 58.1 Å². The van der Waals surface area contributed by atoms with Gasteiger partial charge >= 0.3 is 6.01 Å². The van der Waals surface area contributed by atoms with Gasteiger partial charge in [0.1, 0.15) is 17.9 Å². The van der Waals surface area contributed by atoms with Crippen molar-refractivity contribution in [1.82, 2.24) is 29.7 Å². The minimum absolute atomic E-state index is 0.208. The number of hydrogen-bond acceptors (Lipinski definition) is 8. The first-order valence-corrected chi connectivity index (χ1v) is 13.1. The van der Waals surface area contributed by atoms with Crippen molar-refractivity contribution in [3.63, 3.8) is 0 Å². The van der Waals surface area contributed by atoms with Gasteiger partial charge in [-0.1, -0.05) is 30.3 Å². The molecule has 2 aromatic carbocycles. The summed E-state index contributed by atoms with van der Waals surface area (Å²) in [5, 5.41) is 5.50. The third kappa shape index (κ3) is 4.32. The molecule has 6 rings (SSSR count). The summed E-state index contributed by atoms with van der Waals surface area (Å²) >= 11 is 0. The van der Waals surface area contributed by atoms with Gasteiger partial charge in [-0.05, 0) is 57.3 Å². The molecule has 0 amide bonds. The van der Waals surface area contributed by atoms with Gasteiger partial charge in [-0.25, -0.2) is 4.98 Å². The predicted octanol–water partition coefficient (Wildman–Crippen LogP) is 2.83. The molecule has 0 radical (unpaired) electrons. The second kappa shape index (κ2) is 9.72. The van der Waals surface area contributed by atoms with Gasteiger partial charge in [0.25, 0.3) is 5.56 Å². The van der Waals surface area contributed by atoms with Gasteiger partial charge < -0.3 is 19.9 Å². The monoisotopic (exact) mass is 499 g/mol. The molecule has 2 fully saturated rings. The third-order valence-electron chi connectivity index (χ3n) is 7.67. The van der Waals surface area contributed by atoms with Crippen LogP contribution in [0.15, 0.2) is 41.2 Å². The van der Waals surface area contributed by atoms with E-state index < -0.39 is 0 Å². The molecule has 9 heteroatoms. The zero-order valence-electron chi connectivity index (χ0n) is 21.7. The van der Waals surface area contributed by atoms with Crippen molar-refractivity contribution in [2.75, 3.05) is 51.3 Å². The lowest BCUT2D eigenvalue weighted by Crippen LogP contribution is -2.44. The Hall–Kier alpha value is -3.56. The summed E-state index contributed by atoms with van der Waals surface area (Å²) in [6.45, 7) is 8.76. The number of hydrogen-bond donors (Lipinski definition) is 1. The summed E-state index contributed by atoms with van der Waals surface area (Å²) in [6, 6.07) is 12.8. The summed E-state index contributed by atoms with van der Waals surface area (Å²) in [5.41, 5.74) is 2.52. The van der Waals surface area contributed by atoms with E-state index in [1.807, 2.05) is 25.1 Å². The molecule has 0 saturated carbocycles. The Morgan fingerprint density at radius 2 is 1.78 bits per heavy atom. The molecular formula is C28H33N7O2. The number of piperazine rings is 1. The Balaban J connectivity index is 1.53. The number of anilines is 1. The molecule has 0 aliphatic carbocycles. The van der Waals surface area contributed by atoms with Crippen LogP contribution in [0.1, 0.15) is 24.2 Å². The van der Waals surface area contributed by atoms with E-state index in [-0.39, 0.29) is 17.1 Å². The summed E-state index contributed by atoms with van der Waals surface area (Å²) in [6.07, 6.45) is 2.25. The molecule has 0 bridgehead atoms. The maximum atomic E-state index is 14.1. The van der Waals surface area contributed by atoms with Gasteiger partial charge in [0.05, 0.1) is 5.69 Å². The lowest BCUT2D eigenvalue weighted by molar-refractivity contribution is 0.188. The zero-order valence-corrected chi connectivity index (χ0v) is 21.7. The molecule has 1 N–H and O–H groups in total. The molecule has 0 spiro atoms. The number of fused-ring (bicyclic) bond motifs is 2. The van der Waals surface area contributed by atoms with Crippen LogP contribution in [0.2, 0.25) is 0 Å². The zero-order chi connectivity index (χ0) is 25.5. The Kier molecular flexibility index (Phi) is 6.26. The molecule has 2 aliphatic heterocycles. The van der Waals surface area contributed by atoms with Gasteiger partial charge in [0, 0.05) is 37.6 Å². The first-order valence-electron chi connectivity index (χ1n) is 13.1. The average molecular weight is 500 g/mol. The Morgan fingerprint density at radius 1 is 1.00 bits per heavy atom. The third-order valence-corrected chi connectivity index (χ3v) is 7.67. The van der Waals surface area contributed by atoms with Crippen molar-refractivity contribution in [1.29, 1.82) is 0 Å². The highest BCUT2D eigenvalue weighted by Crippen LogP contribution is 2.28. The molecule has 1 atom stereocenters. The number of likely N-dealkylation sites (N-methyl/N-ethyl adjacent to an activating group) is 1. The number of benzene rings is 2. The number of rotatable bonds is 5. The van der Waals surface area contributed by atoms with Crippen molar-refractivity contribution in [2.45, 2.75) is 32.7 Å². The fraction of sp³-hybridized carbons (Fsp3) is 0.429. The van der Waals surface area contributed by atoms with Crippen LogP contribution in [0.25, 0.3) is 27.5 Å². The van der Waals surface area contributed by atoms with Crippen molar-refractivity contribution in [2.24, 2.45) is 0 Å². The van der Waals surface area contributed by atoms with Gasteiger partial charge in [0.15, 0.2) is 11.3 Å². The second-order valence-electron chi connectivity index (χ2n) is 10.1. The van der Waals surface area contributed by atoms with E-state index in [1.165, 1.54) is 0 Å². The van der Waals surface area contributed by atoms with Gasteiger partial charge in [0.2, 0.25) is 0 Å². The lowest BCUT2D eigenvalue weighted by atomic mass is 10.0. The molecule has 4 aromatic rings. The van der Waals surface area contributed by atoms with Crippen LogP contribution >= 0.6 is 0 Å². The quantitative estimate of drug-likeness (QED) is 0.449. The summed E-state index contributed by atoms with van der Waals surface area (Å²) < 4.78 is 7.82. The normalized spacial score (nSPS) is 18.7. The first-order chi connectivity index (χ1) is 18.0. The highest BCUT2D eigenvalue weighted by Gasteiger charge is 2.25. The maximum absolute atomic E-state index is 14.1. The number of aryl methyl sites for hydroxylation is 2. The van der Waals surface area contributed by atoms with Crippen LogP contribution in [0.3, 0.4) is 0 Å². The van der Waals surface area contributed by atoms with Gasteiger partial charge in [-0.2, -0.15) is 9.97 Å². The van der Waals surface area contributed by atoms with E-state index in [4.69, 9.17) is 14.7 Å². The first kappa shape index (κ1) is 23.8. The van der Waals surface area contributed by atoms with E-state index in [1.54, 1.807) is 4.57 Å². The molecule has 37 heavy (non-hydrogen) atoms. The Bertz CT molecular complexity index is 1520. The number of nitrogens with zero attached hydrogens (tertiary/aromatic N) is 6. The Morgan fingerprint density at radius 3 is 2.54 bits per heavy atom. The van der Waals surface area contributed by atoms with Crippen molar-refractivity contribution < 1.29 is 4.74 Å². The van der Waals surface area contributed by atoms with Crippen LogP contribution in [0, 0.1) is 13.8 Å². The smallest absolute Gasteiger partial charge is 0.319 e. The average Bonchev–Trinajstić information content (AvgIpc) is 3.32. The largest absolute Gasteiger partial charge is 0.462 e. The molecule has 2 aliphatic rings. The molecule has 9 nitrogen and oxygen atoms in total. The molecule has 4 heterocycles. The van der Waals surface area contributed by atoms with Crippen LogP contribution in [0.5, 0.6) is 6.01 Å². The minimum Gasteiger partial charge on any atom is -0.462 e. The van der Waals surface area contributed by atoms with E-state index in [0.29, 0.717) is 29.8 Å². The standard InChI is InChI=1S/C28H33N7O2/c1-18-7-4-8-20-9-5-11-22(23(18)20)35-19(2)30-24-25(27(35)36)31-28(37-17-21-10-6-14-33(21)3)32-26(24)34-15-12-29-13-16-34/h4-5,7-9,11,21,29H,6,10,12-17H2,1-3H3. The van der Waals surface area contributed by atoms with Gasteiger partial charge in [-0.3, -0.25) is 9.36 Å². The molecule has 2 aromatic heterocycles. The van der Waals surface area contributed by atoms with Crippen LogP contribution in [0.4, 0.5) is 5.82 Å². The number of nitrogens with one attached hydrogen (secondary N) is 1. The highest BCUT2D eigenvalue weighted by molar-refractivity contribution is 5.93. The SMILES string of the molecule is Cc1cccc2cccc(-n3c(C)nc4c(N5CCNCC5)nc(OCC5CCCN5C)nc4c3=O)c12. The molecule has 2 saturated heterocycles. The fourth-order valence-electron chi connectivity index (χ4n) is 5.64. The van der Waals surface area contributed by atoms with E-state index >= 15 is 0 Å². The maximum Gasteiger partial charge on any atom is 0.319 e. The second-order valence-corrected chi connectivity index (χ2v) is 10.1. The minimum atomic E-state index is -0.208. The molecule has 1 unspecified atom stereocenters. The van der Waals surface area contributed by atoms with Gasteiger partial charge in [-0.15, -0.1) is 0 Å². The lowest BCUT2D eigenvalue weighted by Gasteiger charge is -2.29. The van der Waals surface area contributed by atoms with E-state index in [2.05, 4.69) is 52.3 Å². The summed E-state index contributed by atoms with van der Waals surface area (Å²) in [5.74, 6) is 1.28. The summed E-state index contributed by atoms with van der Waals surface area (Å²) in [4.78, 5) is 33.0. The number of aromatic nitrogens is 4. The predicted molar refractivity (Wildman–Crippen MR) is 146 cm³/mol. The van der Waals surface area contributed by atoms with Crippen molar-refractivity contribution >= 4 is 27.6 Å². The number of ether oxygens (including phenoxy) is 1. The van der Waals surface area contributed by atoms with E-state index in [9.17, 15) is 4.79 Å². The van der Waals surface area contributed by atoms with Crippen LogP contribution < -0.4 is 20.5 Å². The summed E-state index contributed by atoms with van der Waals surface area (Å²) in [7, 11) is 2.12. The van der Waals surface area contributed by atoms with Crippen LogP contribution in [-0.4, -0.2) is 76.8 Å². The Labute approximate surface area is 216 Å². The number of likely N-dealkylation sites (tertiary alicyclic amines) is 1. The molecule has 192 valence electrons. The van der Waals surface area contributed by atoms with E-state index in [0.717, 1.165) is 67.6 Å². The van der Waals surface area contributed by atoms with Crippen LogP contribution in [-0.2, 0) is 0 Å². The topological polar surface area (TPSA) is 88.4 Å².